The summed E-state index contributed by atoms with van der Waals surface area (Å²) in [7, 11) is 0. The summed E-state index contributed by atoms with van der Waals surface area (Å²) in [4.78, 5) is 0.924. The molecule has 0 saturated carbocycles. The molecular formula is C14H15F2NS. The maximum atomic E-state index is 13.8. The van der Waals surface area contributed by atoms with Crippen molar-refractivity contribution in [3.63, 3.8) is 0 Å². The molecule has 0 saturated heterocycles. The lowest BCUT2D eigenvalue weighted by Crippen LogP contribution is -2.24. The van der Waals surface area contributed by atoms with Crippen LogP contribution < -0.4 is 5.32 Å². The van der Waals surface area contributed by atoms with E-state index < -0.39 is 17.7 Å². The Balaban J connectivity index is 2.40. The molecule has 1 aromatic carbocycles. The third kappa shape index (κ3) is 2.76. The molecule has 0 radical (unpaired) electrons. The summed E-state index contributed by atoms with van der Waals surface area (Å²) in [6, 6.07) is 7.35. The Morgan fingerprint density at radius 2 is 1.89 bits per heavy atom. The number of benzene rings is 1. The van der Waals surface area contributed by atoms with E-state index in [0.717, 1.165) is 17.8 Å². The first-order valence-corrected chi connectivity index (χ1v) is 6.82. The molecular weight excluding hydrogens is 252 g/mol. The van der Waals surface area contributed by atoms with E-state index in [1.54, 1.807) is 0 Å². The average Bonchev–Trinajstić information content (AvgIpc) is 2.86. The van der Waals surface area contributed by atoms with Crippen LogP contribution in [-0.4, -0.2) is 6.54 Å². The molecule has 0 amide bonds. The fourth-order valence-electron chi connectivity index (χ4n) is 1.88. The second kappa shape index (κ2) is 6.07. The number of halogens is 2. The first-order valence-electron chi connectivity index (χ1n) is 5.94. The summed E-state index contributed by atoms with van der Waals surface area (Å²) in [5, 5.41) is 5.11. The summed E-state index contributed by atoms with van der Waals surface area (Å²) in [6.07, 6.45) is 0.915. The maximum Gasteiger partial charge on any atom is 0.131 e. The summed E-state index contributed by atoms with van der Waals surface area (Å²) in [5.74, 6) is -1.01. The highest BCUT2D eigenvalue weighted by Crippen LogP contribution is 2.29. The molecule has 1 N–H and O–H groups in total. The van der Waals surface area contributed by atoms with Gasteiger partial charge in [-0.3, -0.25) is 0 Å². The van der Waals surface area contributed by atoms with Crippen molar-refractivity contribution in [2.24, 2.45) is 0 Å². The van der Waals surface area contributed by atoms with Crippen LogP contribution in [0.3, 0.4) is 0 Å². The van der Waals surface area contributed by atoms with Gasteiger partial charge in [0, 0.05) is 10.4 Å². The zero-order valence-electron chi connectivity index (χ0n) is 10.1. The van der Waals surface area contributed by atoms with Crippen LogP contribution in [0.4, 0.5) is 8.78 Å². The van der Waals surface area contributed by atoms with Crippen molar-refractivity contribution in [3.05, 3.63) is 57.8 Å². The van der Waals surface area contributed by atoms with Crippen molar-refractivity contribution in [2.45, 2.75) is 19.4 Å². The van der Waals surface area contributed by atoms with Gasteiger partial charge in [-0.1, -0.05) is 19.1 Å². The molecule has 0 aliphatic heterocycles. The molecule has 1 aromatic heterocycles. The zero-order chi connectivity index (χ0) is 13.0. The van der Waals surface area contributed by atoms with Crippen LogP contribution in [0.5, 0.6) is 0 Å². The summed E-state index contributed by atoms with van der Waals surface area (Å²) < 4.78 is 27.7. The second-order valence-electron chi connectivity index (χ2n) is 4.04. The largest absolute Gasteiger partial charge is 0.305 e. The molecule has 18 heavy (non-hydrogen) atoms. The quantitative estimate of drug-likeness (QED) is 0.859. The van der Waals surface area contributed by atoms with Gasteiger partial charge in [-0.05, 0) is 36.5 Å². The molecule has 1 heterocycles. The van der Waals surface area contributed by atoms with E-state index in [4.69, 9.17) is 0 Å². The monoisotopic (exact) mass is 267 g/mol. The maximum absolute atomic E-state index is 13.8. The third-order valence-electron chi connectivity index (χ3n) is 2.71. The van der Waals surface area contributed by atoms with Crippen molar-refractivity contribution in [1.82, 2.24) is 5.32 Å². The van der Waals surface area contributed by atoms with Crippen molar-refractivity contribution in [1.29, 1.82) is 0 Å². The van der Waals surface area contributed by atoms with E-state index in [-0.39, 0.29) is 5.56 Å². The van der Waals surface area contributed by atoms with Gasteiger partial charge in [0.05, 0.1) is 6.04 Å². The van der Waals surface area contributed by atoms with Crippen LogP contribution in [0.2, 0.25) is 0 Å². The van der Waals surface area contributed by atoms with Gasteiger partial charge in [-0.2, -0.15) is 0 Å². The van der Waals surface area contributed by atoms with Crippen LogP contribution in [0.25, 0.3) is 0 Å². The van der Waals surface area contributed by atoms with Crippen molar-refractivity contribution < 1.29 is 8.78 Å². The minimum Gasteiger partial charge on any atom is -0.305 e. The van der Waals surface area contributed by atoms with E-state index in [0.29, 0.717) is 0 Å². The molecule has 1 unspecified atom stereocenters. The Morgan fingerprint density at radius 3 is 2.44 bits per heavy atom. The lowest BCUT2D eigenvalue weighted by atomic mass is 10.0. The molecule has 0 aliphatic carbocycles. The SMILES string of the molecule is CCCNC(c1cccs1)c1c(F)cccc1F. The van der Waals surface area contributed by atoms with Gasteiger partial charge >= 0.3 is 0 Å². The first kappa shape index (κ1) is 13.2. The van der Waals surface area contributed by atoms with Gasteiger partial charge in [0.1, 0.15) is 11.6 Å². The topological polar surface area (TPSA) is 12.0 Å². The van der Waals surface area contributed by atoms with Crippen LogP contribution in [-0.2, 0) is 0 Å². The number of rotatable bonds is 5. The molecule has 0 bridgehead atoms. The van der Waals surface area contributed by atoms with Gasteiger partial charge < -0.3 is 5.32 Å². The first-order chi connectivity index (χ1) is 8.74. The smallest absolute Gasteiger partial charge is 0.131 e. The normalized spacial score (nSPS) is 12.6. The van der Waals surface area contributed by atoms with E-state index in [9.17, 15) is 8.78 Å². The Morgan fingerprint density at radius 1 is 1.17 bits per heavy atom. The highest BCUT2D eigenvalue weighted by Gasteiger charge is 2.21. The Labute approximate surface area is 109 Å². The second-order valence-corrected chi connectivity index (χ2v) is 5.02. The minimum absolute atomic E-state index is 0.105. The molecule has 2 rings (SSSR count). The molecule has 0 aliphatic rings. The molecule has 0 spiro atoms. The minimum atomic E-state index is -0.503. The molecule has 96 valence electrons. The molecule has 1 nitrogen and oxygen atoms in total. The van der Waals surface area contributed by atoms with Gasteiger partial charge in [0.15, 0.2) is 0 Å². The van der Waals surface area contributed by atoms with E-state index in [1.165, 1.54) is 29.5 Å². The fourth-order valence-corrected chi connectivity index (χ4v) is 2.68. The van der Waals surface area contributed by atoms with Gasteiger partial charge in [0.2, 0.25) is 0 Å². The Hall–Kier alpha value is -1.26. The molecule has 0 fully saturated rings. The van der Waals surface area contributed by atoms with Gasteiger partial charge in [-0.25, -0.2) is 8.78 Å². The summed E-state index contributed by atoms with van der Waals surface area (Å²) in [5.41, 5.74) is 0.105. The Kier molecular flexibility index (Phi) is 4.44. The number of nitrogens with one attached hydrogen (secondary N) is 1. The van der Waals surface area contributed by atoms with E-state index in [2.05, 4.69) is 5.32 Å². The van der Waals surface area contributed by atoms with Gasteiger partial charge in [0.25, 0.3) is 0 Å². The van der Waals surface area contributed by atoms with Crippen LogP contribution in [0.1, 0.15) is 29.8 Å². The van der Waals surface area contributed by atoms with Crippen LogP contribution >= 0.6 is 11.3 Å². The number of hydrogen-bond donors (Lipinski definition) is 1. The van der Waals surface area contributed by atoms with Crippen molar-refractivity contribution in [3.8, 4) is 0 Å². The lowest BCUT2D eigenvalue weighted by molar-refractivity contribution is 0.506. The fraction of sp³-hybridized carbons (Fsp3) is 0.286. The van der Waals surface area contributed by atoms with Crippen molar-refractivity contribution in [2.75, 3.05) is 6.54 Å². The predicted molar refractivity (Wildman–Crippen MR) is 70.8 cm³/mol. The van der Waals surface area contributed by atoms with E-state index in [1.807, 2.05) is 24.4 Å². The average molecular weight is 267 g/mol. The number of thiophene rings is 1. The standard InChI is InChI=1S/C14H15F2NS/c1-2-8-17-14(12-7-4-9-18-12)13-10(15)5-3-6-11(13)16/h3-7,9,14,17H,2,8H2,1H3. The highest BCUT2D eigenvalue weighted by molar-refractivity contribution is 7.10. The zero-order valence-corrected chi connectivity index (χ0v) is 10.9. The van der Waals surface area contributed by atoms with Crippen LogP contribution in [0.15, 0.2) is 35.7 Å². The molecule has 4 heteroatoms. The predicted octanol–water partition coefficient (Wildman–Crippen LogP) is 4.12. The highest BCUT2D eigenvalue weighted by atomic mass is 32.1. The van der Waals surface area contributed by atoms with E-state index >= 15 is 0 Å². The lowest BCUT2D eigenvalue weighted by Gasteiger charge is -2.18. The summed E-state index contributed by atoms with van der Waals surface area (Å²) >= 11 is 1.50. The summed E-state index contributed by atoms with van der Waals surface area (Å²) in [6.45, 7) is 2.74. The van der Waals surface area contributed by atoms with Crippen molar-refractivity contribution >= 4 is 11.3 Å². The Bertz CT molecular complexity index is 476. The van der Waals surface area contributed by atoms with Crippen LogP contribution in [0, 0.1) is 11.6 Å². The third-order valence-corrected chi connectivity index (χ3v) is 3.65. The van der Waals surface area contributed by atoms with Gasteiger partial charge in [-0.15, -0.1) is 11.3 Å². The molecule has 1 atom stereocenters. The molecule has 2 aromatic rings. The number of hydrogen-bond acceptors (Lipinski definition) is 2.